The third-order valence-corrected chi connectivity index (χ3v) is 11.6. The number of H-pyrrole nitrogens is 1. The number of aryl methyl sites for hydroxylation is 5. The lowest BCUT2D eigenvalue weighted by Gasteiger charge is -2.35. The minimum absolute atomic E-state index is 0.0138. The quantitative estimate of drug-likeness (QED) is 0.125. The van der Waals surface area contributed by atoms with Crippen LogP contribution in [0.5, 0.6) is 11.5 Å². The monoisotopic (exact) mass is 801 g/mol. The van der Waals surface area contributed by atoms with Crippen molar-refractivity contribution < 1.29 is 24.2 Å². The molecule has 0 fully saturated rings. The van der Waals surface area contributed by atoms with Gasteiger partial charge in [-0.15, -0.1) is 0 Å². The Bertz CT molecular complexity index is 2680. The van der Waals surface area contributed by atoms with Gasteiger partial charge in [0.2, 0.25) is 0 Å². The maximum absolute atomic E-state index is 15.3. The van der Waals surface area contributed by atoms with Crippen molar-refractivity contribution >= 4 is 62.6 Å². The highest BCUT2D eigenvalue weighted by atomic mass is 35.5. The number of rotatable bonds is 11. The first-order valence-corrected chi connectivity index (χ1v) is 19.6. The summed E-state index contributed by atoms with van der Waals surface area (Å²) in [6, 6.07) is 22.5. The van der Waals surface area contributed by atoms with Gasteiger partial charge in [0, 0.05) is 57.0 Å². The third-order valence-electron chi connectivity index (χ3n) is 10.7. The Morgan fingerprint density at radius 2 is 1.61 bits per heavy atom. The number of ether oxygens (including phenoxy) is 2. The van der Waals surface area contributed by atoms with E-state index < -0.39 is 5.97 Å². The van der Waals surface area contributed by atoms with Gasteiger partial charge in [-0.05, 0) is 100 Å². The highest BCUT2D eigenvalue weighted by Gasteiger charge is 2.37. The number of fused-ring (bicyclic) bond motifs is 4. The number of nitrogens with zero attached hydrogens (tertiary/aromatic N) is 4. The number of carbonyl (C=O) groups is 2. The van der Waals surface area contributed by atoms with E-state index in [1.165, 1.54) is 0 Å². The van der Waals surface area contributed by atoms with Gasteiger partial charge in [0.25, 0.3) is 5.91 Å². The molecular formula is C45H41Cl2N5O5. The van der Waals surface area contributed by atoms with E-state index in [0.29, 0.717) is 65.7 Å². The first-order valence-electron chi connectivity index (χ1n) is 18.8. The molecule has 1 unspecified atom stereocenters. The average molecular weight is 803 g/mol. The Morgan fingerprint density at radius 3 is 2.32 bits per heavy atom. The predicted octanol–water partition coefficient (Wildman–Crippen LogP) is 10.6. The van der Waals surface area contributed by atoms with Crippen LogP contribution in [0.15, 0.2) is 79.1 Å². The molecule has 0 radical (unpaired) electrons. The van der Waals surface area contributed by atoms with E-state index in [1.807, 2.05) is 88.4 Å². The zero-order chi connectivity index (χ0) is 40.1. The van der Waals surface area contributed by atoms with Crippen LogP contribution in [0.2, 0.25) is 10.0 Å². The summed E-state index contributed by atoms with van der Waals surface area (Å²) in [6.07, 6.45) is 2.69. The van der Waals surface area contributed by atoms with Gasteiger partial charge >= 0.3 is 5.97 Å². The molecule has 1 atom stereocenters. The Morgan fingerprint density at radius 1 is 0.912 bits per heavy atom. The van der Waals surface area contributed by atoms with Gasteiger partial charge in [0.05, 0.1) is 28.4 Å². The third kappa shape index (κ3) is 6.97. The number of nitrogens with one attached hydrogen (secondary N) is 1. The van der Waals surface area contributed by atoms with Gasteiger partial charge in [-0.1, -0.05) is 59.6 Å². The minimum atomic E-state index is -1.10. The van der Waals surface area contributed by atoms with Crippen LogP contribution >= 0.6 is 23.2 Å². The fourth-order valence-electron chi connectivity index (χ4n) is 8.11. The molecule has 0 spiro atoms. The molecule has 12 heteroatoms. The topological polar surface area (TPSA) is 123 Å². The summed E-state index contributed by atoms with van der Waals surface area (Å²) in [4.78, 5) is 41.3. The summed E-state index contributed by atoms with van der Waals surface area (Å²) in [7, 11) is 0. The first-order chi connectivity index (χ1) is 27.4. The SMILES string of the molecule is Cc1cc(OCCCc2c3n(c4c(-c5c(C)ncnc5C)c(Cl)ccc24)C(C)CN(c2cc(OCc4ccccc4)cc4cc(C(=O)O)[nH]c24)C3=O)cc(C)c1Cl. The molecule has 0 saturated heterocycles. The van der Waals surface area contributed by atoms with Crippen LogP contribution in [0.3, 0.4) is 0 Å². The molecule has 57 heavy (non-hydrogen) atoms. The van der Waals surface area contributed by atoms with Crippen molar-refractivity contribution in [2.75, 3.05) is 18.1 Å². The Hall–Kier alpha value is -5.84. The number of carboxylic acids is 1. The van der Waals surface area contributed by atoms with Crippen LogP contribution in [0, 0.1) is 27.7 Å². The number of carbonyl (C=O) groups excluding carboxylic acids is 1. The molecule has 3 aromatic heterocycles. The lowest BCUT2D eigenvalue weighted by atomic mass is 9.97. The zero-order valence-electron chi connectivity index (χ0n) is 32.2. The fraction of sp³-hybridized carbons (Fsp3) is 0.244. The summed E-state index contributed by atoms with van der Waals surface area (Å²) in [5.41, 5.74) is 9.36. The molecule has 10 nitrogen and oxygen atoms in total. The normalized spacial score (nSPS) is 14.1. The van der Waals surface area contributed by atoms with Crippen LogP contribution in [0.25, 0.3) is 32.9 Å². The predicted molar refractivity (Wildman–Crippen MR) is 225 cm³/mol. The number of aromatic amines is 1. The van der Waals surface area contributed by atoms with Gasteiger partial charge in [0.1, 0.15) is 35.8 Å². The maximum Gasteiger partial charge on any atom is 0.352 e. The molecule has 2 N–H and O–H groups in total. The number of aromatic nitrogens is 4. The Balaban J connectivity index is 1.26. The molecule has 7 aromatic rings. The number of hydrogen-bond donors (Lipinski definition) is 2. The van der Waals surface area contributed by atoms with Gasteiger partial charge < -0.3 is 29.0 Å². The van der Waals surface area contributed by atoms with E-state index >= 15 is 4.79 Å². The molecular weight excluding hydrogens is 761 g/mol. The zero-order valence-corrected chi connectivity index (χ0v) is 33.8. The molecule has 0 aliphatic carbocycles. The number of aromatic carboxylic acids is 1. The second-order valence-electron chi connectivity index (χ2n) is 14.7. The summed E-state index contributed by atoms with van der Waals surface area (Å²) < 4.78 is 14.6. The molecule has 4 aromatic carbocycles. The second kappa shape index (κ2) is 15.2. The average Bonchev–Trinajstić information content (AvgIpc) is 3.77. The van der Waals surface area contributed by atoms with E-state index in [9.17, 15) is 9.90 Å². The van der Waals surface area contributed by atoms with Gasteiger partial charge in [-0.3, -0.25) is 4.79 Å². The molecule has 4 heterocycles. The second-order valence-corrected chi connectivity index (χ2v) is 15.5. The Labute approximate surface area is 340 Å². The van der Waals surface area contributed by atoms with Crippen LogP contribution in [-0.4, -0.2) is 49.7 Å². The fourth-order valence-corrected chi connectivity index (χ4v) is 8.46. The highest BCUT2D eigenvalue weighted by molar-refractivity contribution is 6.35. The number of halogens is 2. The van der Waals surface area contributed by atoms with E-state index in [4.69, 9.17) is 32.7 Å². The van der Waals surface area contributed by atoms with Crippen molar-refractivity contribution in [1.29, 1.82) is 0 Å². The number of hydrogen-bond acceptors (Lipinski definition) is 6. The largest absolute Gasteiger partial charge is 0.494 e. The molecule has 1 aliphatic rings. The van der Waals surface area contributed by atoms with E-state index in [2.05, 4.69) is 26.4 Å². The van der Waals surface area contributed by atoms with Crippen LogP contribution in [-0.2, 0) is 13.0 Å². The summed E-state index contributed by atoms with van der Waals surface area (Å²) >= 11 is 13.5. The number of benzene rings is 4. The lowest BCUT2D eigenvalue weighted by molar-refractivity contribution is 0.0691. The molecule has 0 saturated carbocycles. The molecule has 8 rings (SSSR count). The maximum atomic E-state index is 15.3. The van der Waals surface area contributed by atoms with Crippen molar-refractivity contribution in [3.8, 4) is 22.6 Å². The standard InChI is InChI=1S/C45H41Cl2N5O5/c1-24-16-31(17-25(2)40(24)47)56-15-9-12-33-34-13-14-35(46)39(38-27(4)48-23-49-28(38)5)42(34)52-26(3)21-51(44(53)43(33)52)37-20-32(57-22-29-10-7-6-8-11-29)18-30-19-36(45(54)55)50-41(30)37/h6-8,10-11,13-14,16-20,23,26,50H,9,12,15,21-22H2,1-5H3,(H,54,55). The lowest BCUT2D eigenvalue weighted by Crippen LogP contribution is -2.42. The number of anilines is 1. The van der Waals surface area contributed by atoms with Gasteiger partial charge in [-0.2, -0.15) is 0 Å². The van der Waals surface area contributed by atoms with Crippen molar-refractivity contribution in [2.45, 2.75) is 60.1 Å². The van der Waals surface area contributed by atoms with E-state index in [0.717, 1.165) is 66.4 Å². The highest BCUT2D eigenvalue weighted by Crippen LogP contribution is 2.45. The summed E-state index contributed by atoms with van der Waals surface area (Å²) in [5.74, 6) is -0.0751. The molecule has 290 valence electrons. The minimum Gasteiger partial charge on any atom is -0.494 e. The molecule has 1 aliphatic heterocycles. The molecule has 1 amide bonds. The smallest absolute Gasteiger partial charge is 0.352 e. The van der Waals surface area contributed by atoms with Crippen molar-refractivity contribution in [3.63, 3.8) is 0 Å². The Kier molecular flexibility index (Phi) is 10.2. The van der Waals surface area contributed by atoms with Gasteiger partial charge in [-0.25, -0.2) is 14.8 Å². The molecule has 0 bridgehead atoms. The first kappa shape index (κ1) is 38.1. The number of amides is 1. The van der Waals surface area contributed by atoms with Crippen LogP contribution in [0.4, 0.5) is 5.69 Å². The number of carboxylic acid groups (broad SMARTS) is 1. The van der Waals surface area contributed by atoms with Crippen molar-refractivity contribution in [1.82, 2.24) is 19.5 Å². The van der Waals surface area contributed by atoms with Crippen molar-refractivity contribution in [2.24, 2.45) is 0 Å². The van der Waals surface area contributed by atoms with E-state index in [1.54, 1.807) is 23.4 Å². The van der Waals surface area contributed by atoms with E-state index in [-0.39, 0.29) is 17.6 Å². The van der Waals surface area contributed by atoms with Crippen molar-refractivity contribution in [3.05, 3.63) is 134 Å². The van der Waals surface area contributed by atoms with Crippen LogP contribution in [0.1, 0.15) is 74.0 Å². The summed E-state index contributed by atoms with van der Waals surface area (Å²) in [6.45, 7) is 10.9. The van der Waals surface area contributed by atoms with Gasteiger partial charge in [0.15, 0.2) is 0 Å². The van der Waals surface area contributed by atoms with Crippen LogP contribution < -0.4 is 14.4 Å². The summed E-state index contributed by atoms with van der Waals surface area (Å²) in [5, 5.41) is 12.7.